The monoisotopic (exact) mass is 601 g/mol. The number of hydrogen-bond acceptors (Lipinski definition) is 9. The van der Waals surface area contributed by atoms with Crippen LogP contribution in [0.15, 0.2) is 70.9 Å². The van der Waals surface area contributed by atoms with Crippen LogP contribution in [0, 0.1) is 0 Å². The molecule has 3 rings (SSSR count). The summed E-state index contributed by atoms with van der Waals surface area (Å²) in [4.78, 5) is 46.1. The third-order valence-corrected chi connectivity index (χ3v) is 5.72. The van der Waals surface area contributed by atoms with Crippen LogP contribution in [-0.2, 0) is 38.4 Å². The molecule has 15 heteroatoms. The number of rotatable bonds is 11. The Morgan fingerprint density at radius 3 is 2.49 bits per heavy atom. The third-order valence-electron chi connectivity index (χ3n) is 5.72. The van der Waals surface area contributed by atoms with Crippen LogP contribution < -0.4 is 27.7 Å². The molecule has 1 amide bonds. The van der Waals surface area contributed by atoms with E-state index in [0.717, 1.165) is 29.0 Å². The van der Waals surface area contributed by atoms with Crippen LogP contribution in [0.25, 0.3) is 11.3 Å². The summed E-state index contributed by atoms with van der Waals surface area (Å²) in [6.07, 6.45) is -1.44. The van der Waals surface area contributed by atoms with Gasteiger partial charge in [-0.15, -0.1) is 0 Å². The molecule has 3 aromatic rings. The Morgan fingerprint density at radius 2 is 1.86 bits per heavy atom. The average molecular weight is 602 g/mol. The van der Waals surface area contributed by atoms with Gasteiger partial charge >= 0.3 is 12.1 Å². The number of hydrogen-bond donors (Lipinski definition) is 4. The molecule has 0 bridgehead atoms. The Bertz CT molecular complexity index is 1580. The first-order chi connectivity index (χ1) is 20.3. The molecule has 0 unspecified atom stereocenters. The Morgan fingerprint density at radius 1 is 1.16 bits per heavy atom. The predicted molar refractivity (Wildman–Crippen MR) is 153 cm³/mol. The van der Waals surface area contributed by atoms with Crippen molar-refractivity contribution in [1.29, 1.82) is 0 Å². The van der Waals surface area contributed by atoms with Crippen molar-refractivity contribution >= 4 is 29.2 Å². The normalized spacial score (nSPS) is 11.9. The second-order valence-electron chi connectivity index (χ2n) is 9.41. The van der Waals surface area contributed by atoms with Gasteiger partial charge in [0.1, 0.15) is 12.8 Å². The van der Waals surface area contributed by atoms with E-state index in [1.807, 2.05) is 0 Å². The highest BCUT2D eigenvalue weighted by molar-refractivity contribution is 5.97. The van der Waals surface area contributed by atoms with Crippen LogP contribution in [0.2, 0.25) is 0 Å². The molecule has 0 aliphatic heterocycles. The maximum atomic E-state index is 13.4. The molecule has 0 radical (unpaired) electrons. The fraction of sp³-hybridized carbons (Fsp3) is 0.250. The van der Waals surface area contributed by atoms with Gasteiger partial charge in [-0.25, -0.2) is 9.78 Å². The first kappa shape index (κ1) is 32.2. The molecule has 0 aliphatic carbocycles. The SMILES string of the molecule is COC(=O)/C=C/O/N=C(/N)c1ccc(CNC(=O)Cn2c(-c3cc(N)cc(C(F)(F)F)c3)cnc(NC(C)C)c2=O)cc1. The lowest BCUT2D eigenvalue weighted by molar-refractivity contribution is -0.137. The molecule has 0 saturated carbocycles. The highest BCUT2D eigenvalue weighted by Gasteiger charge is 2.31. The minimum atomic E-state index is -4.68. The van der Waals surface area contributed by atoms with Gasteiger partial charge in [0.05, 0.1) is 30.6 Å². The number of oxime groups is 1. The van der Waals surface area contributed by atoms with Crippen molar-refractivity contribution in [2.45, 2.75) is 39.2 Å². The molecule has 0 aliphatic rings. The van der Waals surface area contributed by atoms with Gasteiger partial charge in [0.2, 0.25) is 5.91 Å². The van der Waals surface area contributed by atoms with Crippen LogP contribution >= 0.6 is 0 Å². The molecule has 1 aromatic heterocycles. The molecule has 43 heavy (non-hydrogen) atoms. The van der Waals surface area contributed by atoms with Crippen LogP contribution in [0.3, 0.4) is 0 Å². The van der Waals surface area contributed by atoms with Gasteiger partial charge in [-0.1, -0.05) is 29.4 Å². The lowest BCUT2D eigenvalue weighted by atomic mass is 10.1. The summed E-state index contributed by atoms with van der Waals surface area (Å²) in [5.74, 6) is -1.25. The smallest absolute Gasteiger partial charge is 0.416 e. The number of benzene rings is 2. The van der Waals surface area contributed by atoms with Crippen LogP contribution in [0.5, 0.6) is 0 Å². The summed E-state index contributed by atoms with van der Waals surface area (Å²) >= 11 is 0. The van der Waals surface area contributed by atoms with Crippen LogP contribution in [-0.4, -0.2) is 40.4 Å². The van der Waals surface area contributed by atoms with E-state index in [9.17, 15) is 27.6 Å². The second-order valence-corrected chi connectivity index (χ2v) is 9.41. The minimum Gasteiger partial charge on any atom is -0.466 e. The zero-order valence-corrected chi connectivity index (χ0v) is 23.4. The number of halogens is 3. The second kappa shape index (κ2) is 14.0. The number of nitrogens with zero attached hydrogens (tertiary/aromatic N) is 3. The van der Waals surface area contributed by atoms with Crippen LogP contribution in [0.4, 0.5) is 24.7 Å². The largest absolute Gasteiger partial charge is 0.466 e. The molecular formula is C28H30F3N7O5. The van der Waals surface area contributed by atoms with E-state index in [0.29, 0.717) is 11.1 Å². The Balaban J connectivity index is 1.79. The van der Waals surface area contributed by atoms with Gasteiger partial charge in [-0.2, -0.15) is 13.2 Å². The number of ether oxygens (including phenoxy) is 1. The average Bonchev–Trinajstić information content (AvgIpc) is 2.95. The lowest BCUT2D eigenvalue weighted by Crippen LogP contribution is -2.35. The Kier molecular flexibility index (Phi) is 10.5. The molecule has 2 aromatic carbocycles. The number of nitrogens with one attached hydrogen (secondary N) is 2. The summed E-state index contributed by atoms with van der Waals surface area (Å²) in [7, 11) is 1.21. The van der Waals surface area contributed by atoms with Crippen molar-refractivity contribution in [1.82, 2.24) is 14.9 Å². The summed E-state index contributed by atoms with van der Waals surface area (Å²) in [6.45, 7) is 3.12. The van der Waals surface area contributed by atoms with Gasteiger partial charge in [0.25, 0.3) is 5.56 Å². The number of anilines is 2. The number of carbonyl (C=O) groups excluding carboxylic acids is 2. The number of nitrogens with two attached hydrogens (primary N) is 2. The maximum absolute atomic E-state index is 13.4. The molecule has 6 N–H and O–H groups in total. The number of amides is 1. The summed E-state index contributed by atoms with van der Waals surface area (Å²) in [5, 5.41) is 9.22. The molecule has 0 atom stereocenters. The van der Waals surface area contributed by atoms with E-state index in [-0.39, 0.29) is 41.2 Å². The fourth-order valence-electron chi connectivity index (χ4n) is 3.70. The van der Waals surface area contributed by atoms with Crippen LogP contribution in [0.1, 0.15) is 30.5 Å². The molecule has 0 fully saturated rings. The van der Waals surface area contributed by atoms with E-state index in [1.54, 1.807) is 38.1 Å². The number of alkyl halides is 3. The highest BCUT2D eigenvalue weighted by Crippen LogP contribution is 2.34. The third kappa shape index (κ3) is 9.08. The molecule has 1 heterocycles. The molecule has 228 valence electrons. The van der Waals surface area contributed by atoms with E-state index in [4.69, 9.17) is 16.3 Å². The molecular weight excluding hydrogens is 571 g/mol. The van der Waals surface area contributed by atoms with Crippen molar-refractivity contribution in [2.75, 3.05) is 18.2 Å². The van der Waals surface area contributed by atoms with Gasteiger partial charge < -0.3 is 31.7 Å². The van der Waals surface area contributed by atoms with E-state index in [1.165, 1.54) is 19.4 Å². The molecule has 12 nitrogen and oxygen atoms in total. The Labute approximate surface area is 244 Å². The maximum Gasteiger partial charge on any atom is 0.416 e. The summed E-state index contributed by atoms with van der Waals surface area (Å²) in [6, 6.07) is 9.30. The fourth-order valence-corrected chi connectivity index (χ4v) is 3.70. The number of carbonyl (C=O) groups is 2. The number of nitrogen functional groups attached to an aromatic ring is 1. The van der Waals surface area contributed by atoms with Gasteiger partial charge in [0.15, 0.2) is 11.7 Å². The van der Waals surface area contributed by atoms with E-state index < -0.39 is 35.7 Å². The van der Waals surface area contributed by atoms with Crippen molar-refractivity contribution < 1.29 is 32.3 Å². The topological polar surface area (TPSA) is 176 Å². The number of aromatic nitrogens is 2. The van der Waals surface area contributed by atoms with Crippen molar-refractivity contribution in [3.05, 3.63) is 88.0 Å². The zero-order valence-electron chi connectivity index (χ0n) is 23.4. The Hall–Kier alpha value is -5.34. The predicted octanol–water partition coefficient (Wildman–Crippen LogP) is 2.97. The quantitative estimate of drug-likeness (QED) is 0.0490. The van der Waals surface area contributed by atoms with Gasteiger partial charge in [0, 0.05) is 29.4 Å². The highest BCUT2D eigenvalue weighted by atomic mass is 19.4. The standard InChI is InChI=1S/C28H30F3N7O5/c1-16(2)36-26-27(41)38(22(14-35-26)19-10-20(28(29,30)31)12-21(32)11-19)15-23(39)34-13-17-4-6-18(7-5-17)25(33)37-43-9-8-24(40)42-3/h4-12,14,16H,13,15,32H2,1-3H3,(H2,33,37)(H,34,39)(H,35,36)/b9-8+. The van der Waals surface area contributed by atoms with Crippen molar-refractivity contribution in [3.8, 4) is 11.3 Å². The van der Waals surface area contributed by atoms with E-state index >= 15 is 0 Å². The number of amidine groups is 1. The molecule has 0 saturated heterocycles. The van der Waals surface area contributed by atoms with Gasteiger partial charge in [-0.05, 0) is 37.6 Å². The minimum absolute atomic E-state index is 0.0185. The summed E-state index contributed by atoms with van der Waals surface area (Å²) < 4.78 is 45.8. The van der Waals surface area contributed by atoms with E-state index in [2.05, 4.69) is 25.5 Å². The van der Waals surface area contributed by atoms with Crippen molar-refractivity contribution in [2.24, 2.45) is 10.9 Å². The summed E-state index contributed by atoms with van der Waals surface area (Å²) in [5.41, 5.74) is 10.8. The first-order valence-corrected chi connectivity index (χ1v) is 12.7. The number of methoxy groups -OCH3 is 1. The first-order valence-electron chi connectivity index (χ1n) is 12.7. The van der Waals surface area contributed by atoms with Gasteiger partial charge in [-0.3, -0.25) is 14.2 Å². The number of esters is 1. The molecule has 0 spiro atoms. The van der Waals surface area contributed by atoms with Crippen molar-refractivity contribution in [3.63, 3.8) is 0 Å². The zero-order chi connectivity index (χ0) is 31.7. The lowest BCUT2D eigenvalue weighted by Gasteiger charge is -2.17.